The molecule has 4 unspecified atom stereocenters. The summed E-state index contributed by atoms with van der Waals surface area (Å²) < 4.78 is 0. The van der Waals surface area contributed by atoms with Crippen molar-refractivity contribution in [3.8, 4) is 0 Å². The largest absolute Gasteiger partial charge is 0.390 e. The van der Waals surface area contributed by atoms with E-state index in [1.807, 2.05) is 13.8 Å². The maximum atomic E-state index is 12.0. The molecule has 4 atom stereocenters. The zero-order chi connectivity index (χ0) is 14.8. The minimum atomic E-state index is -1.77. The van der Waals surface area contributed by atoms with Crippen LogP contribution in [0.4, 0.5) is 0 Å². The summed E-state index contributed by atoms with van der Waals surface area (Å²) in [5.74, 6) is -1.02. The van der Waals surface area contributed by atoms with Crippen molar-refractivity contribution in [1.29, 1.82) is 0 Å². The second kappa shape index (κ2) is 5.99. The first-order valence-corrected chi connectivity index (χ1v) is 6.61. The first-order valence-electron chi connectivity index (χ1n) is 6.61. The lowest BCUT2D eigenvalue weighted by Crippen LogP contribution is -2.59. The average Bonchev–Trinajstić information content (AvgIpc) is 2.31. The third-order valence-electron chi connectivity index (χ3n) is 3.81. The second-order valence-electron chi connectivity index (χ2n) is 5.81. The monoisotopic (exact) mass is 268 g/mol. The van der Waals surface area contributed by atoms with Crippen LogP contribution in [0, 0.1) is 5.92 Å². The minimum Gasteiger partial charge on any atom is -0.390 e. The second-order valence-corrected chi connectivity index (χ2v) is 5.81. The van der Waals surface area contributed by atoms with Gasteiger partial charge in [0.15, 0.2) is 5.78 Å². The lowest BCUT2D eigenvalue weighted by molar-refractivity contribution is -0.177. The summed E-state index contributed by atoms with van der Waals surface area (Å²) in [5, 5.41) is 29.5. The number of aliphatic hydroxyl groups excluding tert-OH is 2. The van der Waals surface area contributed by atoms with Crippen LogP contribution in [0.25, 0.3) is 0 Å². The van der Waals surface area contributed by atoms with Crippen LogP contribution in [-0.4, -0.2) is 38.9 Å². The molecule has 19 heavy (non-hydrogen) atoms. The highest BCUT2D eigenvalue weighted by Gasteiger charge is 2.50. The van der Waals surface area contributed by atoms with Crippen LogP contribution < -0.4 is 0 Å². The fraction of sp³-hybridized carbons (Fsp3) is 0.667. The van der Waals surface area contributed by atoms with E-state index in [1.54, 1.807) is 0 Å². The molecule has 0 radical (unpaired) electrons. The molecule has 0 aromatic heterocycles. The molecular weight excluding hydrogens is 244 g/mol. The first-order chi connectivity index (χ1) is 8.67. The van der Waals surface area contributed by atoms with Crippen LogP contribution >= 0.6 is 0 Å². The van der Waals surface area contributed by atoms with E-state index >= 15 is 0 Å². The zero-order valence-electron chi connectivity index (χ0n) is 11.9. The summed E-state index contributed by atoms with van der Waals surface area (Å²) >= 11 is 0. The van der Waals surface area contributed by atoms with Gasteiger partial charge in [0.25, 0.3) is 0 Å². The fourth-order valence-corrected chi connectivity index (χ4v) is 2.33. The standard InChI is InChI=1S/C15H24O4/c1-9(2)6-5-7-10(3)11-8-12(16)15(4,19)14(18)13(11)17/h6,11-12,14,16,18-19H,3,5,7-8H2,1-2,4H3. The van der Waals surface area contributed by atoms with Crippen molar-refractivity contribution >= 4 is 5.78 Å². The Kier molecular flexibility index (Phi) is 5.07. The predicted molar refractivity (Wildman–Crippen MR) is 73.6 cm³/mol. The molecule has 0 aromatic rings. The number of hydrogen-bond acceptors (Lipinski definition) is 4. The Bertz CT molecular complexity index is 391. The SMILES string of the molecule is C=C(CCC=C(C)C)C1CC(O)C(C)(O)C(O)C1=O. The van der Waals surface area contributed by atoms with Crippen molar-refractivity contribution in [3.05, 3.63) is 23.8 Å². The fourth-order valence-electron chi connectivity index (χ4n) is 2.33. The third-order valence-corrected chi connectivity index (χ3v) is 3.81. The highest BCUT2D eigenvalue weighted by molar-refractivity contribution is 5.89. The summed E-state index contributed by atoms with van der Waals surface area (Å²) in [6.45, 7) is 9.17. The van der Waals surface area contributed by atoms with E-state index < -0.39 is 29.5 Å². The summed E-state index contributed by atoms with van der Waals surface area (Å²) in [5.41, 5.74) is 0.134. The number of carbonyl (C=O) groups is 1. The molecule has 1 saturated carbocycles. The molecule has 0 aromatic carbocycles. The van der Waals surface area contributed by atoms with Gasteiger partial charge < -0.3 is 15.3 Å². The topological polar surface area (TPSA) is 77.8 Å². The molecule has 0 amide bonds. The Balaban J connectivity index is 2.72. The van der Waals surface area contributed by atoms with Gasteiger partial charge >= 0.3 is 0 Å². The molecule has 0 aliphatic heterocycles. The van der Waals surface area contributed by atoms with Crippen LogP contribution in [-0.2, 0) is 4.79 Å². The Morgan fingerprint density at radius 3 is 2.58 bits per heavy atom. The number of aliphatic hydroxyl groups is 3. The van der Waals surface area contributed by atoms with Gasteiger partial charge in [-0.25, -0.2) is 0 Å². The van der Waals surface area contributed by atoms with Gasteiger partial charge in [0.1, 0.15) is 11.7 Å². The maximum Gasteiger partial charge on any atom is 0.171 e. The van der Waals surface area contributed by atoms with Crippen molar-refractivity contribution in [2.75, 3.05) is 0 Å². The highest BCUT2D eigenvalue weighted by atomic mass is 16.4. The number of ketones is 1. The van der Waals surface area contributed by atoms with E-state index in [4.69, 9.17) is 0 Å². The number of Topliss-reactive ketones (excluding diaryl/α,β-unsaturated/α-hetero) is 1. The summed E-state index contributed by atoms with van der Waals surface area (Å²) in [6, 6.07) is 0. The van der Waals surface area contributed by atoms with Crippen molar-refractivity contribution < 1.29 is 20.1 Å². The van der Waals surface area contributed by atoms with Crippen LogP contribution in [0.5, 0.6) is 0 Å². The van der Waals surface area contributed by atoms with Crippen molar-refractivity contribution in [2.45, 2.75) is 57.8 Å². The molecule has 0 saturated heterocycles. The van der Waals surface area contributed by atoms with Gasteiger partial charge in [0.05, 0.1) is 6.10 Å². The molecule has 0 heterocycles. The Morgan fingerprint density at radius 1 is 1.47 bits per heavy atom. The molecule has 1 aliphatic rings. The van der Waals surface area contributed by atoms with Crippen LogP contribution in [0.2, 0.25) is 0 Å². The molecule has 1 aliphatic carbocycles. The number of allylic oxidation sites excluding steroid dienone is 3. The number of hydrogen-bond donors (Lipinski definition) is 3. The van der Waals surface area contributed by atoms with Gasteiger partial charge in [-0.15, -0.1) is 0 Å². The van der Waals surface area contributed by atoms with Gasteiger partial charge in [-0.1, -0.05) is 23.8 Å². The molecule has 3 N–H and O–H groups in total. The third kappa shape index (κ3) is 3.53. The molecule has 4 nitrogen and oxygen atoms in total. The Hall–Kier alpha value is -0.970. The number of rotatable bonds is 4. The molecule has 108 valence electrons. The lowest BCUT2D eigenvalue weighted by Gasteiger charge is -2.41. The smallest absolute Gasteiger partial charge is 0.171 e. The van der Waals surface area contributed by atoms with Gasteiger partial charge in [0.2, 0.25) is 0 Å². The summed E-state index contributed by atoms with van der Waals surface area (Å²) in [7, 11) is 0. The van der Waals surface area contributed by atoms with Crippen molar-refractivity contribution in [2.24, 2.45) is 5.92 Å². The van der Waals surface area contributed by atoms with Gasteiger partial charge in [-0.2, -0.15) is 0 Å². The molecule has 4 heteroatoms. The van der Waals surface area contributed by atoms with E-state index in [0.717, 1.165) is 6.42 Å². The van der Waals surface area contributed by atoms with E-state index in [2.05, 4.69) is 12.7 Å². The molecule has 0 spiro atoms. The first kappa shape index (κ1) is 16.1. The van der Waals surface area contributed by atoms with Crippen molar-refractivity contribution in [1.82, 2.24) is 0 Å². The minimum absolute atomic E-state index is 0.122. The molecule has 1 fully saturated rings. The van der Waals surface area contributed by atoms with Crippen LogP contribution in [0.1, 0.15) is 40.0 Å². The van der Waals surface area contributed by atoms with Crippen LogP contribution in [0.3, 0.4) is 0 Å². The summed E-state index contributed by atoms with van der Waals surface area (Å²) in [4.78, 5) is 12.0. The van der Waals surface area contributed by atoms with Gasteiger partial charge in [0, 0.05) is 5.92 Å². The molecule has 0 bridgehead atoms. The van der Waals surface area contributed by atoms with Gasteiger partial charge in [-0.05, 0) is 40.0 Å². The lowest BCUT2D eigenvalue weighted by atomic mass is 9.71. The summed E-state index contributed by atoms with van der Waals surface area (Å²) in [6.07, 6.45) is 0.932. The average molecular weight is 268 g/mol. The van der Waals surface area contributed by atoms with Gasteiger partial charge in [-0.3, -0.25) is 4.79 Å². The zero-order valence-corrected chi connectivity index (χ0v) is 11.9. The van der Waals surface area contributed by atoms with E-state index in [0.29, 0.717) is 12.0 Å². The van der Waals surface area contributed by atoms with Crippen molar-refractivity contribution in [3.63, 3.8) is 0 Å². The molecule has 1 rings (SSSR count). The predicted octanol–water partition coefficient (Wildman–Crippen LogP) is 1.35. The molecular formula is C15H24O4. The number of carbonyl (C=O) groups excluding carboxylic acids is 1. The van der Waals surface area contributed by atoms with E-state index in [1.165, 1.54) is 12.5 Å². The quantitative estimate of drug-likeness (QED) is 0.673. The van der Waals surface area contributed by atoms with E-state index in [9.17, 15) is 20.1 Å². The normalized spacial score (nSPS) is 35.1. The Labute approximate surface area is 114 Å². The highest BCUT2D eigenvalue weighted by Crippen LogP contribution is 2.34. The van der Waals surface area contributed by atoms with E-state index in [-0.39, 0.29) is 6.42 Å². The van der Waals surface area contributed by atoms with Crippen LogP contribution in [0.15, 0.2) is 23.8 Å². The Morgan fingerprint density at radius 2 is 2.05 bits per heavy atom. The maximum absolute atomic E-state index is 12.0.